The quantitative estimate of drug-likeness (QED) is 0.00690. The van der Waals surface area contributed by atoms with Crippen LogP contribution in [0.1, 0.15) is 127 Å². The first-order chi connectivity index (χ1) is 70.3. The summed E-state index contributed by atoms with van der Waals surface area (Å²) >= 11 is 91.1. The third kappa shape index (κ3) is 52.0. The Morgan fingerprint density at radius 1 is 0.480 bits per heavy atom. The fraction of sp³-hybridized carbons (Fsp3) is 0.280. The number of nitrogens with one attached hydrogen (secondary N) is 2. The number of nitrogens with two attached hydrogens (primary N) is 4. The van der Waals surface area contributed by atoms with Gasteiger partial charge in [-0.15, -0.1) is 0 Å². The van der Waals surface area contributed by atoms with Gasteiger partial charge in [-0.25, -0.2) is 24.8 Å². The van der Waals surface area contributed by atoms with Gasteiger partial charge in [0.05, 0.1) is 123 Å². The van der Waals surface area contributed by atoms with Gasteiger partial charge in [0.1, 0.15) is 17.0 Å². The van der Waals surface area contributed by atoms with Crippen molar-refractivity contribution in [3.05, 3.63) is 248 Å². The second kappa shape index (κ2) is 78.4. The van der Waals surface area contributed by atoms with Crippen molar-refractivity contribution in [3.63, 3.8) is 0 Å². The number of likely N-dealkylation sites (N-methyl/N-ethyl adjacent to an activating group) is 2. The Kier molecular flexibility index (Phi) is 74.9. The number of nitrogen functional groups attached to an aromatic ring is 3. The number of carbonyl (C=O) groups is 7. The molecular formula is C93H112Cl16N28O12Se. The van der Waals surface area contributed by atoms with Crippen LogP contribution in [0.5, 0.6) is 0 Å². The Balaban J connectivity index is -0.000000528. The number of nitrogens with zero attached hydrogens (tertiary/aromatic N) is 22. The molecule has 4 amide bonds. The van der Waals surface area contributed by atoms with Gasteiger partial charge >= 0.3 is 28.2 Å². The summed E-state index contributed by atoms with van der Waals surface area (Å²) in [4.78, 5) is 118. The van der Waals surface area contributed by atoms with Gasteiger partial charge in [0, 0.05) is 153 Å². The SMILES string of the molecule is C.C.C.CC.CC(=O)Cl.CC(=O)N(C(C)=O)c1c(Cl)cc(Cl)c2ccc(C)nc12.CC(=O)N(C(C)=O)c1c(Cl)cc(Cl)c2ccc(C=O)nc12.CC=O.CCO.CN(C)CCN.CN(C)CCNCc1ccc2c(Cl)cc(Cl)c(N)c2n1.Cc1ccc2c(Cl)cc(Cl)c(N)c2n1.Cc1ccc2c(Cl)cc(Cl)c([N+](=O)[O-])c2n1.Cc1ccc2c(Cl)cc(Cl)cc2n1.N=N/N=N/N=N/N=N/N=N/N=NCl.Nc1cc(Cl)cc(Cl)c1.O=[Se]=O.[2H][3H]. The van der Waals surface area contributed by atoms with Gasteiger partial charge in [0.2, 0.25) is 28.9 Å². The third-order valence-electron chi connectivity index (χ3n) is 16.7. The van der Waals surface area contributed by atoms with Gasteiger partial charge in [-0.1, -0.05) is 203 Å². The standard InChI is InChI=1S/C14H18Cl2N4.C14H10Cl2N2O3.C14H12Cl2N2O2.C10H6Cl2N2O2.C10H8Cl2N2.C10H7Cl2N.C6H5Cl2N.C4H12N2.C2H3ClO.C2H6O.C2H4O.C2H6.3CH4.ClHN12.O2Se.H2/c1-20(2)6-5-18-8-9-3-4-10-11(15)7-12(16)13(17)14(10)19-9;1-7(20)18(8(2)21)14-12(16)5-11(15)10-4-3-9(6-19)17-13(10)14;1-7-4-5-10-11(15)6-12(16)14(13(10)17-7)18(8(2)19)9(3)20;1-5-2-3-6-7(11)4-8(12)10(14(15)16)9(6)13-5;1-5-2-3-6-7(11)4-8(12)9(13)10(6)14-5;1-6-2-3-8-9(12)4-7(11)5-10(8)13-6;7-4-1-5(8)3-6(9)2-4;1-6(2)4-3-5;1-2(3)4;2*1-2-3;1-2;;;;1-3-5-7-9-11-13-12-10-8-6-4-2;1-3-2;/h3-4,7,18H,5-6,8,17H2,1-2H3;3-6H,1-2H3;4-6H,1-3H3;2-4H,1H3;2-4H,13H2,1H3;2-5H,1H3;1-3H,9H2;3-5H2,1-2H3;1H3;3H,2H2,1H3;2H,1H3;1-2H3;3*1H4;2H;;1H/b;;;;;;;;;;;;;;;4-2?,5-3?,8-6+,9-7+,12-10+,13-11+;;/i;;;;;;;;;;;;;;;;;1+2D. The Morgan fingerprint density at radius 3 is 1.15 bits per heavy atom. The van der Waals surface area contributed by atoms with Crippen molar-refractivity contribution in [2.45, 2.75) is 119 Å². The van der Waals surface area contributed by atoms with Crippen molar-refractivity contribution >= 4 is 342 Å². The van der Waals surface area contributed by atoms with Crippen LogP contribution in [0.15, 0.2) is 190 Å². The van der Waals surface area contributed by atoms with Gasteiger partial charge in [-0.2, -0.15) is 5.53 Å². The van der Waals surface area contributed by atoms with Crippen molar-refractivity contribution in [1.82, 2.24) is 45.0 Å². The molecule has 150 heavy (non-hydrogen) atoms. The van der Waals surface area contributed by atoms with Crippen LogP contribution in [-0.4, -0.2) is 167 Å². The topological polar surface area (TPSA) is 583 Å². The Morgan fingerprint density at radius 2 is 0.793 bits per heavy atom. The number of benzene rings is 7. The molecule has 0 radical (unpaired) electrons. The van der Waals surface area contributed by atoms with E-state index < -0.39 is 43.4 Å². The van der Waals surface area contributed by atoms with E-state index in [1.165, 1.54) is 65.8 Å². The van der Waals surface area contributed by atoms with Crippen LogP contribution in [0, 0.1) is 43.3 Å². The van der Waals surface area contributed by atoms with Crippen molar-refractivity contribution in [3.8, 4) is 0 Å². The number of rotatable bonds is 16. The largest absolute Gasteiger partial charge is 0 e. The van der Waals surface area contributed by atoms with Crippen LogP contribution in [0.3, 0.4) is 0 Å². The van der Waals surface area contributed by atoms with E-state index in [1.807, 2.05) is 105 Å². The van der Waals surface area contributed by atoms with Crippen LogP contribution >= 0.6 is 186 Å². The van der Waals surface area contributed by atoms with Gasteiger partial charge in [0.15, 0.2) is 11.8 Å². The Labute approximate surface area is 955 Å². The van der Waals surface area contributed by atoms with E-state index in [0.29, 0.717) is 124 Å². The summed E-state index contributed by atoms with van der Waals surface area (Å²) in [5, 5.41) is 60.1. The molecule has 13 aromatic rings. The molecule has 0 spiro atoms. The molecule has 6 heterocycles. The van der Waals surface area contributed by atoms with Gasteiger partial charge in [0.25, 0.3) is 0 Å². The molecular weight excluding hydrogens is 2350 g/mol. The smallest absolute Gasteiger partial charge is 0 e. The molecule has 0 saturated carbocycles. The maximum absolute atomic E-state index is 11.7. The molecule has 57 heteroatoms. The second-order valence-electron chi connectivity index (χ2n) is 28.3. The predicted octanol–water partition coefficient (Wildman–Crippen LogP) is 29.4. The minimum absolute atomic E-state index is 0. The molecule has 0 saturated heterocycles. The molecule has 0 aliphatic carbocycles. The van der Waals surface area contributed by atoms with Gasteiger partial charge in [-0.05, 0) is 267 Å². The number of hydrogen-bond donors (Lipinski definition) is 7. The van der Waals surface area contributed by atoms with E-state index in [4.69, 9.17) is 223 Å². The van der Waals surface area contributed by atoms with Gasteiger partial charge in [-0.3, -0.25) is 53.8 Å². The predicted molar refractivity (Wildman–Crippen MR) is 614 cm³/mol. The van der Waals surface area contributed by atoms with Crippen molar-refractivity contribution in [2.24, 2.45) is 62.6 Å². The molecule has 0 aliphatic rings. The number of imide groups is 2. The molecule has 0 atom stereocenters. The molecule has 0 bridgehead atoms. The summed E-state index contributed by atoms with van der Waals surface area (Å²) < 4.78 is 29.6. The molecule has 0 unspecified atom stereocenters. The zero-order valence-corrected chi connectivity index (χ0v) is 94.9. The van der Waals surface area contributed by atoms with E-state index >= 15 is 0 Å². The summed E-state index contributed by atoms with van der Waals surface area (Å²) in [6.07, 6.45) is 1.31. The number of nitro groups is 1. The number of halogens is 16. The van der Waals surface area contributed by atoms with E-state index in [1.54, 1.807) is 80.6 Å². The number of aromatic nitrogens is 6. The number of aldehydes is 2. The number of fused-ring (bicyclic) bond motifs is 6. The minimum atomic E-state index is -1.62. The fourth-order valence-corrected chi connectivity index (χ4v) is 15.0. The zero-order valence-electron chi connectivity index (χ0n) is 83.1. The summed E-state index contributed by atoms with van der Waals surface area (Å²) in [5.41, 5.74) is 37.6. The first-order valence-corrected chi connectivity index (χ1v) is 49.0. The minimum Gasteiger partial charge on any atom is 0 e. The second-order valence-corrected chi connectivity index (χ2v) is 35.1. The van der Waals surface area contributed by atoms with E-state index in [-0.39, 0.29) is 83.0 Å². The van der Waals surface area contributed by atoms with Crippen molar-refractivity contribution < 1.29 is 54.2 Å². The molecule has 40 nitrogen and oxygen atoms in total. The average Bonchev–Trinajstić information content (AvgIpc) is 0.793. The maximum atomic E-state index is 11.7. The van der Waals surface area contributed by atoms with Crippen molar-refractivity contribution in [1.29, 1.82) is 5.53 Å². The number of amides is 4. The Hall–Kier alpha value is -10.8. The monoisotopic (exact) mass is 2460 g/mol. The van der Waals surface area contributed by atoms with Crippen LogP contribution in [0.2, 0.25) is 70.3 Å². The first-order valence-electron chi connectivity index (χ1n) is 42.5. The van der Waals surface area contributed by atoms with Gasteiger partial charge < -0.3 is 48.0 Å². The van der Waals surface area contributed by atoms with E-state index in [9.17, 15) is 38.9 Å². The molecule has 6 aromatic heterocycles. The summed E-state index contributed by atoms with van der Waals surface area (Å²) in [5.74, 6) is -1.87. The number of aliphatic hydroxyl groups is 1. The van der Waals surface area contributed by atoms with Crippen LogP contribution in [-0.2, 0) is 43.0 Å². The molecule has 7 aromatic carbocycles. The first kappa shape index (κ1) is 143. The van der Waals surface area contributed by atoms with E-state index in [2.05, 4.69) is 113 Å². The number of anilines is 5. The Bertz CT molecular complexity index is 6820. The number of carbonyl (C=O) groups excluding carboxylic acids is 7. The fourth-order valence-electron chi connectivity index (χ4n) is 11.0. The molecule has 11 N–H and O–H groups in total. The average molecular weight is 2460 g/mol. The molecule has 0 aliphatic heterocycles. The number of pyridine rings is 6. The third-order valence-corrected chi connectivity index (χ3v) is 20.8. The molecule has 13 rings (SSSR count). The molecule has 814 valence electrons. The number of nitro benzene ring substituents is 1. The van der Waals surface area contributed by atoms with Crippen LogP contribution < -0.4 is 38.1 Å². The number of aryl methyl sites for hydroxylation is 4. The summed E-state index contributed by atoms with van der Waals surface area (Å²) in [6.45, 7) is 25.4. The summed E-state index contributed by atoms with van der Waals surface area (Å²) in [7, 11) is 8.10. The molecule has 0 fully saturated rings. The van der Waals surface area contributed by atoms with E-state index in [0.717, 1.165) is 86.7 Å². The maximum Gasteiger partial charge on any atom is 0 e. The van der Waals surface area contributed by atoms with Crippen LogP contribution in [0.25, 0.3) is 65.4 Å². The summed E-state index contributed by atoms with van der Waals surface area (Å²) in [6, 6.07) is 37.7. The normalized spacial score (nSPS) is 10.2. The zero-order chi connectivity index (χ0) is 114. The van der Waals surface area contributed by atoms with Crippen molar-refractivity contribution in [2.75, 3.05) is 88.0 Å². The number of aliphatic hydroxyl groups excluding tert-OH is 1. The number of hydrogen-bond acceptors (Lipinski definition) is 27. The van der Waals surface area contributed by atoms with Crippen LogP contribution in [0.4, 0.5) is 34.1 Å².